The molecule has 2 heterocycles. The Morgan fingerprint density at radius 2 is 2.32 bits per heavy atom. The van der Waals surface area contributed by atoms with Crippen molar-refractivity contribution in [2.45, 2.75) is 6.92 Å². The number of aromatic nitrogens is 2. The highest BCUT2D eigenvalue weighted by molar-refractivity contribution is 7.11. The number of carbonyl (C=O) groups excluding carboxylic acids is 1. The fourth-order valence-electron chi connectivity index (χ4n) is 2.06. The average Bonchev–Trinajstić information content (AvgIpc) is 3.13. The molecule has 0 aliphatic heterocycles. The largest absolute Gasteiger partial charge is 0.462 e. The predicted molar refractivity (Wildman–Crippen MR) is 89.9 cm³/mol. The van der Waals surface area contributed by atoms with Gasteiger partial charge in [0.05, 0.1) is 17.6 Å². The third kappa shape index (κ3) is 3.05. The molecule has 4 nitrogen and oxygen atoms in total. The van der Waals surface area contributed by atoms with Gasteiger partial charge in [0.1, 0.15) is 11.4 Å². The number of benzene rings is 1. The lowest BCUT2D eigenvalue weighted by molar-refractivity contribution is -0.136. The van der Waals surface area contributed by atoms with Crippen LogP contribution in [0.15, 0.2) is 35.7 Å². The van der Waals surface area contributed by atoms with Crippen LogP contribution in [0.3, 0.4) is 0 Å². The van der Waals surface area contributed by atoms with Crippen molar-refractivity contribution in [2.24, 2.45) is 0 Å². The maximum Gasteiger partial charge on any atom is 0.341 e. The second kappa shape index (κ2) is 6.34. The van der Waals surface area contributed by atoms with Gasteiger partial charge in [0, 0.05) is 9.90 Å². The molecule has 0 bridgehead atoms. The molecular weight excluding hydrogens is 320 g/mol. The summed E-state index contributed by atoms with van der Waals surface area (Å²) >= 11 is 7.53. The van der Waals surface area contributed by atoms with Crippen LogP contribution in [0.1, 0.15) is 17.6 Å². The van der Waals surface area contributed by atoms with E-state index in [-0.39, 0.29) is 0 Å². The molecule has 6 heteroatoms. The summed E-state index contributed by atoms with van der Waals surface area (Å²) in [5.74, 6) is 0.0742. The lowest BCUT2D eigenvalue weighted by Gasteiger charge is -2.03. The van der Waals surface area contributed by atoms with Crippen LogP contribution in [0.4, 0.5) is 0 Å². The van der Waals surface area contributed by atoms with E-state index in [1.807, 2.05) is 23.6 Å². The van der Waals surface area contributed by atoms with Crippen LogP contribution in [0.5, 0.6) is 0 Å². The Morgan fingerprint density at radius 1 is 1.45 bits per heavy atom. The number of aromatic amines is 1. The maximum atomic E-state index is 12.2. The molecule has 0 fully saturated rings. The third-order valence-corrected chi connectivity index (χ3v) is 4.08. The zero-order chi connectivity index (χ0) is 15.5. The van der Waals surface area contributed by atoms with Gasteiger partial charge in [0.2, 0.25) is 0 Å². The summed E-state index contributed by atoms with van der Waals surface area (Å²) in [6.07, 6.45) is 1.78. The lowest BCUT2D eigenvalue weighted by atomic mass is 10.2. The van der Waals surface area contributed by atoms with E-state index >= 15 is 0 Å². The minimum atomic E-state index is -0.402. The van der Waals surface area contributed by atoms with Gasteiger partial charge in [-0.3, -0.25) is 0 Å². The molecule has 3 rings (SSSR count). The molecule has 0 amide bonds. The van der Waals surface area contributed by atoms with E-state index < -0.39 is 5.97 Å². The third-order valence-electron chi connectivity index (χ3n) is 3.02. The zero-order valence-electron chi connectivity index (χ0n) is 11.8. The number of nitrogens with zero attached hydrogens (tertiary/aromatic N) is 1. The van der Waals surface area contributed by atoms with Crippen molar-refractivity contribution < 1.29 is 9.53 Å². The highest BCUT2D eigenvalue weighted by Gasteiger charge is 2.17. The van der Waals surface area contributed by atoms with Crippen molar-refractivity contribution in [2.75, 3.05) is 6.61 Å². The molecular formula is C16H13ClN2O2S. The number of hydrogen-bond acceptors (Lipinski definition) is 4. The molecule has 0 aliphatic carbocycles. The number of fused-ring (bicyclic) bond motifs is 1. The van der Waals surface area contributed by atoms with Crippen LogP contribution in [-0.2, 0) is 9.53 Å². The molecule has 0 aliphatic rings. The van der Waals surface area contributed by atoms with E-state index in [9.17, 15) is 4.79 Å². The Balaban J connectivity index is 2.09. The van der Waals surface area contributed by atoms with Crippen molar-refractivity contribution >= 4 is 51.6 Å². The summed E-state index contributed by atoms with van der Waals surface area (Å²) in [6, 6.07) is 9.22. The zero-order valence-corrected chi connectivity index (χ0v) is 13.4. The molecule has 0 radical (unpaired) electrons. The molecule has 22 heavy (non-hydrogen) atoms. The Morgan fingerprint density at radius 3 is 3.05 bits per heavy atom. The van der Waals surface area contributed by atoms with Crippen molar-refractivity contribution in [3.63, 3.8) is 0 Å². The van der Waals surface area contributed by atoms with E-state index in [2.05, 4.69) is 9.97 Å². The monoisotopic (exact) mass is 332 g/mol. The quantitative estimate of drug-likeness (QED) is 0.569. The first-order valence-electron chi connectivity index (χ1n) is 6.75. The Hall–Kier alpha value is -2.11. The Kier molecular flexibility index (Phi) is 4.27. The summed E-state index contributed by atoms with van der Waals surface area (Å²) < 4.78 is 5.14. The Labute approximate surface area is 136 Å². The molecule has 0 atom stereocenters. The topological polar surface area (TPSA) is 55.0 Å². The second-order valence-electron chi connectivity index (χ2n) is 4.54. The first-order chi connectivity index (χ1) is 10.7. The average molecular weight is 333 g/mol. The summed E-state index contributed by atoms with van der Waals surface area (Å²) in [4.78, 5) is 20.8. The van der Waals surface area contributed by atoms with Gasteiger partial charge in [-0.15, -0.1) is 11.3 Å². The van der Waals surface area contributed by atoms with E-state index in [1.165, 1.54) is 0 Å². The van der Waals surface area contributed by atoms with Gasteiger partial charge in [0.15, 0.2) is 0 Å². The van der Waals surface area contributed by atoms with Crippen molar-refractivity contribution in [3.05, 3.63) is 51.4 Å². The van der Waals surface area contributed by atoms with Crippen molar-refractivity contribution in [1.29, 1.82) is 0 Å². The maximum absolute atomic E-state index is 12.2. The second-order valence-corrected chi connectivity index (χ2v) is 5.96. The normalized spacial score (nSPS) is 11.8. The number of hydrogen-bond donors (Lipinski definition) is 1. The van der Waals surface area contributed by atoms with Crippen LogP contribution < -0.4 is 0 Å². The molecule has 2 aromatic heterocycles. The van der Waals surface area contributed by atoms with Crippen LogP contribution in [0.25, 0.3) is 22.7 Å². The van der Waals surface area contributed by atoms with Crippen LogP contribution in [0.2, 0.25) is 5.02 Å². The summed E-state index contributed by atoms with van der Waals surface area (Å²) in [5.41, 5.74) is 1.93. The molecule has 112 valence electrons. The van der Waals surface area contributed by atoms with Gasteiger partial charge >= 0.3 is 5.97 Å². The summed E-state index contributed by atoms with van der Waals surface area (Å²) in [5, 5.41) is 2.56. The van der Waals surface area contributed by atoms with Gasteiger partial charge in [0.25, 0.3) is 0 Å². The molecule has 1 N–H and O–H groups in total. The fourth-order valence-corrected chi connectivity index (χ4v) is 2.89. The number of ether oxygens (including phenoxy) is 1. The van der Waals surface area contributed by atoms with Gasteiger partial charge in [-0.2, -0.15) is 0 Å². The number of halogens is 1. The first-order valence-corrected chi connectivity index (χ1v) is 8.01. The number of carbonyl (C=O) groups is 1. The molecule has 0 saturated carbocycles. The minimum absolute atomic E-state index is 0.312. The molecule has 3 aromatic rings. The summed E-state index contributed by atoms with van der Waals surface area (Å²) in [7, 11) is 0. The molecule has 1 aromatic carbocycles. The summed E-state index contributed by atoms with van der Waals surface area (Å²) in [6.45, 7) is 2.09. The number of esters is 1. The van der Waals surface area contributed by atoms with Crippen molar-refractivity contribution in [1.82, 2.24) is 9.97 Å². The van der Waals surface area contributed by atoms with Gasteiger partial charge in [-0.1, -0.05) is 17.7 Å². The van der Waals surface area contributed by atoms with Crippen LogP contribution >= 0.6 is 22.9 Å². The van der Waals surface area contributed by atoms with E-state index in [4.69, 9.17) is 16.3 Å². The van der Waals surface area contributed by atoms with E-state index in [0.717, 1.165) is 15.9 Å². The predicted octanol–water partition coefficient (Wildman–Crippen LogP) is 4.38. The van der Waals surface area contributed by atoms with E-state index in [0.29, 0.717) is 23.0 Å². The van der Waals surface area contributed by atoms with Crippen molar-refractivity contribution in [3.8, 4) is 0 Å². The SMILES string of the molecule is CCOC(=O)/C(=C\c1cccs1)c1nc2ccc(Cl)cc2[nH]1. The van der Waals surface area contributed by atoms with Crippen LogP contribution in [-0.4, -0.2) is 22.5 Å². The molecule has 0 unspecified atom stereocenters. The van der Waals surface area contributed by atoms with Gasteiger partial charge in [-0.25, -0.2) is 9.78 Å². The van der Waals surface area contributed by atoms with E-state index in [1.54, 1.807) is 36.5 Å². The number of nitrogens with one attached hydrogen (secondary N) is 1. The number of H-pyrrole nitrogens is 1. The highest BCUT2D eigenvalue weighted by atomic mass is 35.5. The smallest absolute Gasteiger partial charge is 0.341 e. The van der Waals surface area contributed by atoms with Gasteiger partial charge < -0.3 is 9.72 Å². The lowest BCUT2D eigenvalue weighted by Crippen LogP contribution is -2.07. The molecule has 0 spiro atoms. The Bertz CT molecular complexity index is 837. The first kappa shape index (κ1) is 14.8. The van der Waals surface area contributed by atoms with Gasteiger partial charge in [-0.05, 0) is 42.6 Å². The standard InChI is InChI=1S/C16H13ClN2O2S/c1-2-21-16(20)12(9-11-4-3-7-22-11)15-18-13-6-5-10(17)8-14(13)19-15/h3-9H,2H2,1H3,(H,18,19)/b12-9-. The fraction of sp³-hybridized carbons (Fsp3) is 0.125. The van der Waals surface area contributed by atoms with Crippen LogP contribution in [0, 0.1) is 0 Å². The molecule has 0 saturated heterocycles. The number of thiophene rings is 1. The number of imidazole rings is 1. The minimum Gasteiger partial charge on any atom is -0.462 e. The number of rotatable bonds is 4. The highest BCUT2D eigenvalue weighted by Crippen LogP contribution is 2.24.